The molecule has 0 spiro atoms. The van der Waals surface area contributed by atoms with Crippen LogP contribution in [0.25, 0.3) is 0 Å². The molecule has 0 aromatic heterocycles. The van der Waals surface area contributed by atoms with E-state index in [-0.39, 0.29) is 30.1 Å². The highest BCUT2D eigenvalue weighted by atomic mass is 32.1. The van der Waals surface area contributed by atoms with Crippen LogP contribution in [-0.2, 0) is 32.0 Å². The van der Waals surface area contributed by atoms with Crippen LogP contribution in [0.2, 0.25) is 0 Å². The molecule has 0 bridgehead atoms. The Labute approximate surface area is 224 Å². The SMILES string of the molecule is CC(O)C(NC(=O)C(N)CS)C(=O)NC(Cc1ccc(O)cc1)C(=O)NC(Cc1ccc(O)cc1)C(=O)O. The number of phenols is 2. The third kappa shape index (κ3) is 9.25. The van der Waals surface area contributed by atoms with Crippen LogP contribution in [0.3, 0.4) is 0 Å². The molecule has 13 heteroatoms. The molecule has 5 unspecified atom stereocenters. The van der Waals surface area contributed by atoms with Crippen LogP contribution in [0, 0.1) is 0 Å². The van der Waals surface area contributed by atoms with Gasteiger partial charge in [-0.15, -0.1) is 0 Å². The van der Waals surface area contributed by atoms with E-state index in [1.54, 1.807) is 0 Å². The maximum absolute atomic E-state index is 13.2. The van der Waals surface area contributed by atoms with Gasteiger partial charge in [-0.1, -0.05) is 24.3 Å². The number of aliphatic hydroxyl groups excluding tert-OH is 1. The van der Waals surface area contributed by atoms with E-state index in [4.69, 9.17) is 5.73 Å². The molecule has 0 aliphatic rings. The Kier molecular flexibility index (Phi) is 11.4. The maximum atomic E-state index is 13.2. The summed E-state index contributed by atoms with van der Waals surface area (Å²) in [5, 5.41) is 46.0. The van der Waals surface area contributed by atoms with Gasteiger partial charge in [-0.25, -0.2) is 4.79 Å². The van der Waals surface area contributed by atoms with Crippen molar-refractivity contribution in [3.05, 3.63) is 59.7 Å². The minimum atomic E-state index is -1.46. The third-order valence-corrected chi connectivity index (χ3v) is 5.99. The summed E-state index contributed by atoms with van der Waals surface area (Å²) >= 11 is 3.93. The summed E-state index contributed by atoms with van der Waals surface area (Å²) in [4.78, 5) is 50.3. The van der Waals surface area contributed by atoms with Gasteiger partial charge >= 0.3 is 5.97 Å². The molecule has 0 aliphatic heterocycles. The van der Waals surface area contributed by atoms with Crippen molar-refractivity contribution < 1.29 is 39.6 Å². The summed E-state index contributed by atoms with van der Waals surface area (Å²) in [6.45, 7) is 1.27. The molecule has 9 N–H and O–H groups in total. The summed E-state index contributed by atoms with van der Waals surface area (Å²) in [6, 6.07) is 6.41. The summed E-state index contributed by atoms with van der Waals surface area (Å²) in [5.41, 5.74) is 6.69. The quantitative estimate of drug-likeness (QED) is 0.141. The van der Waals surface area contributed by atoms with Crippen LogP contribution in [-0.4, -0.2) is 80.1 Å². The molecule has 0 aliphatic carbocycles. The van der Waals surface area contributed by atoms with E-state index in [1.807, 2.05) is 0 Å². The molecule has 206 valence electrons. The summed E-state index contributed by atoms with van der Waals surface area (Å²) in [5.74, 6) is -3.82. The minimum Gasteiger partial charge on any atom is -0.508 e. The summed E-state index contributed by atoms with van der Waals surface area (Å²) in [6.07, 6.45) is -1.56. The van der Waals surface area contributed by atoms with Crippen LogP contribution < -0.4 is 21.7 Å². The zero-order chi connectivity index (χ0) is 28.4. The fourth-order valence-electron chi connectivity index (χ4n) is 3.43. The number of carboxylic acids is 1. The van der Waals surface area contributed by atoms with Crippen LogP contribution >= 0.6 is 12.6 Å². The first kappa shape index (κ1) is 30.4. The van der Waals surface area contributed by atoms with E-state index in [0.717, 1.165) is 0 Å². The Morgan fingerprint density at radius 3 is 1.66 bits per heavy atom. The maximum Gasteiger partial charge on any atom is 0.326 e. The number of nitrogens with one attached hydrogen (secondary N) is 3. The van der Waals surface area contributed by atoms with Gasteiger partial charge in [0.2, 0.25) is 17.7 Å². The van der Waals surface area contributed by atoms with Crippen LogP contribution in [0.5, 0.6) is 11.5 Å². The Morgan fingerprint density at radius 2 is 1.24 bits per heavy atom. The Bertz CT molecular complexity index is 1110. The van der Waals surface area contributed by atoms with Gasteiger partial charge in [0.1, 0.15) is 29.6 Å². The Hall–Kier alpha value is -3.81. The van der Waals surface area contributed by atoms with Gasteiger partial charge in [0.25, 0.3) is 0 Å². The molecule has 0 saturated heterocycles. The second kappa shape index (κ2) is 14.2. The number of benzene rings is 2. The van der Waals surface area contributed by atoms with Gasteiger partial charge in [0.05, 0.1) is 12.1 Å². The van der Waals surface area contributed by atoms with Crippen LogP contribution in [0.4, 0.5) is 0 Å². The van der Waals surface area contributed by atoms with E-state index < -0.39 is 54.0 Å². The zero-order valence-corrected chi connectivity index (χ0v) is 21.5. The number of nitrogens with two attached hydrogens (primary N) is 1. The number of phenolic OH excluding ortho intramolecular Hbond substituents is 2. The fourth-order valence-corrected chi connectivity index (χ4v) is 3.59. The molecular formula is C25H32N4O8S. The lowest BCUT2D eigenvalue weighted by Crippen LogP contribution is -2.60. The van der Waals surface area contributed by atoms with E-state index in [9.17, 15) is 39.6 Å². The van der Waals surface area contributed by atoms with Gasteiger partial charge in [0, 0.05) is 18.6 Å². The monoisotopic (exact) mass is 548 g/mol. The molecule has 0 radical (unpaired) electrons. The van der Waals surface area contributed by atoms with Gasteiger partial charge < -0.3 is 42.1 Å². The highest BCUT2D eigenvalue weighted by molar-refractivity contribution is 7.80. The van der Waals surface area contributed by atoms with Crippen molar-refractivity contribution in [2.24, 2.45) is 5.73 Å². The van der Waals surface area contributed by atoms with Gasteiger partial charge in [-0.2, -0.15) is 12.6 Å². The Balaban J connectivity index is 2.26. The lowest BCUT2D eigenvalue weighted by Gasteiger charge is -2.26. The molecule has 12 nitrogen and oxygen atoms in total. The lowest BCUT2D eigenvalue weighted by molar-refractivity contribution is -0.142. The second-order valence-electron chi connectivity index (χ2n) is 8.72. The van der Waals surface area contributed by atoms with Crippen molar-refractivity contribution in [3.63, 3.8) is 0 Å². The number of hydrogen-bond donors (Lipinski definition) is 9. The molecule has 2 aromatic carbocycles. The number of carbonyl (C=O) groups excluding carboxylic acids is 3. The largest absolute Gasteiger partial charge is 0.508 e. The smallest absolute Gasteiger partial charge is 0.326 e. The molecule has 5 atom stereocenters. The van der Waals surface area contributed by atoms with Gasteiger partial charge in [-0.3, -0.25) is 14.4 Å². The van der Waals surface area contributed by atoms with Crippen molar-refractivity contribution in [3.8, 4) is 11.5 Å². The molecular weight excluding hydrogens is 516 g/mol. The zero-order valence-electron chi connectivity index (χ0n) is 20.6. The predicted molar refractivity (Wildman–Crippen MR) is 141 cm³/mol. The summed E-state index contributed by atoms with van der Waals surface area (Å²) in [7, 11) is 0. The number of rotatable bonds is 13. The molecule has 3 amide bonds. The number of aliphatic hydroxyl groups is 1. The second-order valence-corrected chi connectivity index (χ2v) is 9.08. The first-order valence-corrected chi connectivity index (χ1v) is 12.3. The minimum absolute atomic E-state index is 0.00332. The number of aromatic hydroxyl groups is 2. The van der Waals surface area contributed by atoms with Crippen LogP contribution in [0.15, 0.2) is 48.5 Å². The van der Waals surface area contributed by atoms with E-state index in [1.165, 1.54) is 55.5 Å². The van der Waals surface area contributed by atoms with E-state index in [0.29, 0.717) is 11.1 Å². The third-order valence-electron chi connectivity index (χ3n) is 5.60. The van der Waals surface area contributed by atoms with Crippen molar-refractivity contribution in [1.82, 2.24) is 16.0 Å². The number of aliphatic carboxylic acids is 1. The van der Waals surface area contributed by atoms with Crippen molar-refractivity contribution in [1.29, 1.82) is 0 Å². The molecule has 2 rings (SSSR count). The molecule has 2 aromatic rings. The number of amides is 3. The standard InChI is InChI=1S/C25H32N4O8S/c1-13(30)21(29-22(33)18(26)12-38)24(35)27-19(10-14-2-6-16(31)7-3-14)23(34)28-20(25(36)37)11-15-4-8-17(32)9-5-15/h2-9,13,18-21,30-32,38H,10-12,26H2,1H3,(H,27,35)(H,28,34)(H,29,33)(H,36,37). The summed E-state index contributed by atoms with van der Waals surface area (Å²) < 4.78 is 0. The van der Waals surface area contributed by atoms with Gasteiger partial charge in [0.15, 0.2) is 0 Å². The highest BCUT2D eigenvalue weighted by Gasteiger charge is 2.32. The first-order chi connectivity index (χ1) is 17.9. The van der Waals surface area contributed by atoms with E-state index >= 15 is 0 Å². The van der Waals surface area contributed by atoms with Crippen LogP contribution in [0.1, 0.15) is 18.1 Å². The molecule has 0 saturated carbocycles. The number of hydrogen-bond acceptors (Lipinski definition) is 9. The fraction of sp³-hybridized carbons (Fsp3) is 0.360. The lowest BCUT2D eigenvalue weighted by atomic mass is 10.0. The molecule has 38 heavy (non-hydrogen) atoms. The van der Waals surface area contributed by atoms with Crippen molar-refractivity contribution in [2.45, 2.75) is 50.0 Å². The van der Waals surface area contributed by atoms with Crippen molar-refractivity contribution >= 4 is 36.3 Å². The predicted octanol–water partition coefficient (Wildman–Crippen LogP) is -0.940. The van der Waals surface area contributed by atoms with E-state index in [2.05, 4.69) is 28.6 Å². The number of carbonyl (C=O) groups is 4. The normalized spacial score (nSPS) is 14.8. The van der Waals surface area contributed by atoms with Crippen molar-refractivity contribution in [2.75, 3.05) is 5.75 Å². The molecule has 0 fully saturated rings. The number of carboxylic acid groups (broad SMARTS) is 1. The average Bonchev–Trinajstić information content (AvgIpc) is 2.87. The molecule has 0 heterocycles. The number of thiol groups is 1. The first-order valence-electron chi connectivity index (χ1n) is 11.7. The Morgan fingerprint density at radius 1 is 0.789 bits per heavy atom. The average molecular weight is 549 g/mol. The highest BCUT2D eigenvalue weighted by Crippen LogP contribution is 2.14. The topological polar surface area (TPSA) is 211 Å². The van der Waals surface area contributed by atoms with Gasteiger partial charge in [-0.05, 0) is 42.3 Å².